The molecule has 1 aromatic carbocycles. The monoisotopic (exact) mass is 291 g/mol. The smallest absolute Gasteiger partial charge is 0.265 e. The summed E-state index contributed by atoms with van der Waals surface area (Å²) in [7, 11) is 0. The van der Waals surface area contributed by atoms with Crippen molar-refractivity contribution in [2.45, 2.75) is 45.3 Å². The number of fused-ring (bicyclic) bond motifs is 1. The van der Waals surface area contributed by atoms with Crippen LogP contribution in [-0.2, 0) is 9.59 Å². The molecule has 0 saturated heterocycles. The average molecular weight is 291 g/mol. The fourth-order valence-corrected chi connectivity index (χ4v) is 2.08. The van der Waals surface area contributed by atoms with Gasteiger partial charge in [-0.1, -0.05) is 19.8 Å². The van der Waals surface area contributed by atoms with Crippen LogP contribution < -0.4 is 21.1 Å². The summed E-state index contributed by atoms with van der Waals surface area (Å²) in [6, 6.07) is 4.60. The minimum atomic E-state index is -0.521. The van der Waals surface area contributed by atoms with E-state index in [1.807, 2.05) is 0 Å². The summed E-state index contributed by atoms with van der Waals surface area (Å²) < 4.78 is 5.46. The number of unbranched alkanes of at least 4 members (excludes halogenated alkanes) is 1. The minimum absolute atomic E-state index is 0.203. The molecule has 2 rings (SSSR count). The molecule has 0 fully saturated rings. The maximum absolute atomic E-state index is 11.9. The number of rotatable bonds is 5. The SMILES string of the molecule is CCCCC(N)C(=O)Nc1ccc2c(c1)NC(=O)C(C)O2. The van der Waals surface area contributed by atoms with Crippen LogP contribution >= 0.6 is 0 Å². The first-order valence-electron chi connectivity index (χ1n) is 7.19. The van der Waals surface area contributed by atoms with Crippen molar-refractivity contribution in [3.8, 4) is 5.75 Å². The quantitative estimate of drug-likeness (QED) is 0.772. The van der Waals surface area contributed by atoms with Crippen LogP contribution in [0.1, 0.15) is 33.1 Å². The number of amides is 2. The third kappa shape index (κ3) is 3.72. The molecule has 0 radical (unpaired) electrons. The summed E-state index contributed by atoms with van der Waals surface area (Å²) in [5, 5.41) is 5.50. The predicted molar refractivity (Wildman–Crippen MR) is 81.3 cm³/mol. The van der Waals surface area contributed by atoms with E-state index in [0.29, 0.717) is 23.5 Å². The second-order valence-corrected chi connectivity index (χ2v) is 5.20. The highest BCUT2D eigenvalue weighted by molar-refractivity contribution is 5.99. The van der Waals surface area contributed by atoms with E-state index in [2.05, 4.69) is 17.6 Å². The zero-order valence-electron chi connectivity index (χ0n) is 12.3. The molecule has 6 nitrogen and oxygen atoms in total. The molecule has 0 bridgehead atoms. The lowest BCUT2D eigenvalue weighted by Crippen LogP contribution is -2.36. The molecule has 6 heteroatoms. The minimum Gasteiger partial charge on any atom is -0.479 e. The molecule has 0 saturated carbocycles. The zero-order chi connectivity index (χ0) is 15.4. The molecule has 1 aromatic rings. The molecule has 114 valence electrons. The first kappa shape index (κ1) is 15.3. The largest absolute Gasteiger partial charge is 0.479 e. The van der Waals surface area contributed by atoms with Crippen molar-refractivity contribution >= 4 is 23.2 Å². The Hall–Kier alpha value is -2.08. The van der Waals surface area contributed by atoms with Gasteiger partial charge in [-0.15, -0.1) is 0 Å². The van der Waals surface area contributed by atoms with Gasteiger partial charge in [-0.25, -0.2) is 0 Å². The Balaban J connectivity index is 2.04. The van der Waals surface area contributed by atoms with Crippen LogP contribution in [0.3, 0.4) is 0 Å². The summed E-state index contributed by atoms with van der Waals surface area (Å²) in [5.41, 5.74) is 6.96. The molecule has 21 heavy (non-hydrogen) atoms. The number of anilines is 2. The number of nitrogens with two attached hydrogens (primary N) is 1. The van der Waals surface area contributed by atoms with Gasteiger partial charge in [0, 0.05) is 5.69 Å². The lowest BCUT2D eigenvalue weighted by Gasteiger charge is -2.23. The highest BCUT2D eigenvalue weighted by Crippen LogP contribution is 2.32. The average Bonchev–Trinajstić information content (AvgIpc) is 2.46. The third-order valence-electron chi connectivity index (χ3n) is 3.38. The van der Waals surface area contributed by atoms with Crippen LogP contribution in [0.2, 0.25) is 0 Å². The van der Waals surface area contributed by atoms with Crippen molar-refractivity contribution in [1.29, 1.82) is 0 Å². The van der Waals surface area contributed by atoms with Crippen LogP contribution in [0.4, 0.5) is 11.4 Å². The summed E-state index contributed by atoms with van der Waals surface area (Å²) in [6.07, 6.45) is 2.06. The van der Waals surface area contributed by atoms with Crippen LogP contribution in [0, 0.1) is 0 Å². The van der Waals surface area contributed by atoms with Crippen molar-refractivity contribution in [1.82, 2.24) is 0 Å². The van der Waals surface area contributed by atoms with Gasteiger partial charge in [-0.05, 0) is 31.5 Å². The molecule has 2 atom stereocenters. The molecule has 0 aliphatic carbocycles. The molecule has 1 aliphatic heterocycles. The van der Waals surface area contributed by atoms with Crippen LogP contribution in [0.15, 0.2) is 18.2 Å². The molecule has 0 aromatic heterocycles. The van der Waals surface area contributed by atoms with Crippen molar-refractivity contribution in [3.63, 3.8) is 0 Å². The molecule has 1 heterocycles. The molecule has 2 unspecified atom stereocenters. The Morgan fingerprint density at radius 2 is 2.29 bits per heavy atom. The van der Waals surface area contributed by atoms with E-state index in [1.54, 1.807) is 25.1 Å². The molecule has 0 spiro atoms. The zero-order valence-corrected chi connectivity index (χ0v) is 12.3. The lowest BCUT2D eigenvalue weighted by molar-refractivity contribution is -0.122. The van der Waals surface area contributed by atoms with Gasteiger partial charge in [0.05, 0.1) is 11.7 Å². The number of nitrogens with one attached hydrogen (secondary N) is 2. The third-order valence-corrected chi connectivity index (χ3v) is 3.38. The predicted octanol–water partition coefficient (Wildman–Crippen LogP) is 1.86. The van der Waals surface area contributed by atoms with E-state index >= 15 is 0 Å². The van der Waals surface area contributed by atoms with Gasteiger partial charge in [0.15, 0.2) is 6.10 Å². The van der Waals surface area contributed by atoms with Crippen LogP contribution in [0.25, 0.3) is 0 Å². The molecule has 2 amide bonds. The van der Waals surface area contributed by atoms with Crippen molar-refractivity contribution in [2.75, 3.05) is 10.6 Å². The Morgan fingerprint density at radius 3 is 3.00 bits per heavy atom. The maximum Gasteiger partial charge on any atom is 0.265 e. The number of benzene rings is 1. The second kappa shape index (κ2) is 6.58. The maximum atomic E-state index is 11.9. The number of hydrogen-bond donors (Lipinski definition) is 3. The highest BCUT2D eigenvalue weighted by Gasteiger charge is 2.23. The van der Waals surface area contributed by atoms with Crippen molar-refractivity contribution < 1.29 is 14.3 Å². The summed E-state index contributed by atoms with van der Waals surface area (Å²) >= 11 is 0. The molecular weight excluding hydrogens is 270 g/mol. The van der Waals surface area contributed by atoms with E-state index in [0.717, 1.165) is 12.8 Å². The Morgan fingerprint density at radius 1 is 1.52 bits per heavy atom. The highest BCUT2D eigenvalue weighted by atomic mass is 16.5. The van der Waals surface area contributed by atoms with Gasteiger partial charge in [-0.2, -0.15) is 0 Å². The Bertz CT molecular complexity index is 545. The fraction of sp³-hybridized carbons (Fsp3) is 0.467. The van der Waals surface area contributed by atoms with E-state index in [9.17, 15) is 9.59 Å². The first-order chi connectivity index (χ1) is 10.0. The van der Waals surface area contributed by atoms with E-state index < -0.39 is 12.1 Å². The van der Waals surface area contributed by atoms with Gasteiger partial charge in [-0.3, -0.25) is 9.59 Å². The van der Waals surface area contributed by atoms with E-state index in [4.69, 9.17) is 10.5 Å². The molecule has 4 N–H and O–H groups in total. The van der Waals surface area contributed by atoms with Crippen LogP contribution in [0.5, 0.6) is 5.75 Å². The summed E-state index contributed by atoms with van der Waals surface area (Å²) in [5.74, 6) is 0.167. The van der Waals surface area contributed by atoms with Crippen LogP contribution in [-0.4, -0.2) is 24.0 Å². The normalized spacial score (nSPS) is 18.2. The van der Waals surface area contributed by atoms with Gasteiger partial charge in [0.25, 0.3) is 5.91 Å². The summed E-state index contributed by atoms with van der Waals surface area (Å²) in [4.78, 5) is 23.5. The standard InChI is InChI=1S/C15H21N3O3/c1-3-4-5-11(16)15(20)17-10-6-7-13-12(8-10)18-14(19)9(2)21-13/h6-9,11H,3-5,16H2,1-2H3,(H,17,20)(H,18,19). The van der Waals surface area contributed by atoms with Crippen molar-refractivity contribution in [3.05, 3.63) is 18.2 Å². The van der Waals surface area contributed by atoms with Gasteiger partial charge < -0.3 is 21.1 Å². The van der Waals surface area contributed by atoms with E-state index in [-0.39, 0.29) is 11.8 Å². The first-order valence-corrected chi connectivity index (χ1v) is 7.19. The number of carbonyl (C=O) groups is 2. The Labute approximate surface area is 124 Å². The summed E-state index contributed by atoms with van der Waals surface area (Å²) in [6.45, 7) is 3.73. The van der Waals surface area contributed by atoms with Gasteiger partial charge >= 0.3 is 0 Å². The molecule has 1 aliphatic rings. The number of ether oxygens (including phenoxy) is 1. The van der Waals surface area contributed by atoms with E-state index in [1.165, 1.54) is 0 Å². The van der Waals surface area contributed by atoms with Gasteiger partial charge in [0.2, 0.25) is 5.91 Å². The topological polar surface area (TPSA) is 93.5 Å². The van der Waals surface area contributed by atoms with Crippen molar-refractivity contribution in [2.24, 2.45) is 5.73 Å². The number of carbonyl (C=O) groups excluding carboxylic acids is 2. The lowest BCUT2D eigenvalue weighted by atomic mass is 10.1. The molecular formula is C15H21N3O3. The van der Waals surface area contributed by atoms with Gasteiger partial charge in [0.1, 0.15) is 5.75 Å². The second-order valence-electron chi connectivity index (χ2n) is 5.20. The number of hydrogen-bond acceptors (Lipinski definition) is 4. The Kier molecular flexibility index (Phi) is 4.80. The fourth-order valence-electron chi connectivity index (χ4n) is 2.08.